The maximum atomic E-state index is 15.4. The quantitative estimate of drug-likeness (QED) is 0.0170. The van der Waals surface area contributed by atoms with Crippen molar-refractivity contribution in [3.63, 3.8) is 0 Å². The van der Waals surface area contributed by atoms with Crippen LogP contribution in [0.1, 0.15) is 164 Å². The molecule has 6 fully saturated rings. The summed E-state index contributed by atoms with van der Waals surface area (Å²) in [6.07, 6.45) is 11.8. The van der Waals surface area contributed by atoms with Crippen molar-refractivity contribution in [2.75, 3.05) is 166 Å². The lowest BCUT2D eigenvalue weighted by atomic mass is 9.50. The third-order valence-corrected chi connectivity index (χ3v) is 31.2. The van der Waals surface area contributed by atoms with Crippen LogP contribution in [0, 0.1) is 22.7 Å². The van der Waals surface area contributed by atoms with Crippen LogP contribution in [0.4, 0.5) is 11.4 Å². The minimum absolute atomic E-state index is 0.0752. The number of aliphatic hydroxyl groups is 6. The number of nitrogens with zero attached hydrogens (tertiary/aromatic N) is 6. The molecule has 2 aromatic heterocycles. The molecule has 18 rings (SSSR count). The Balaban J connectivity index is 0.000000185. The third-order valence-electron chi connectivity index (χ3n) is 31.2. The second-order valence-corrected chi connectivity index (χ2v) is 37.9. The zero-order chi connectivity index (χ0) is 94.0. The number of aromatic amines is 2. The van der Waals surface area contributed by atoms with Gasteiger partial charge in [-0.15, -0.1) is 0 Å². The number of carbonyl (C=O) groups is 6. The van der Waals surface area contributed by atoms with Gasteiger partial charge < -0.3 is 103 Å². The number of ether oxygens (including phenoxy) is 10. The number of methoxy groups -OCH3 is 7. The average molecular weight is 1810 g/mol. The first-order valence-electron chi connectivity index (χ1n) is 46.1. The van der Waals surface area contributed by atoms with E-state index in [1.165, 1.54) is 42.3 Å². The number of rotatable bonds is 18. The third kappa shape index (κ3) is 15.4. The summed E-state index contributed by atoms with van der Waals surface area (Å²) in [6, 6.07) is 22.1. The first-order valence-corrected chi connectivity index (χ1v) is 46.1. The molecule has 2 aliphatic carbocycles. The van der Waals surface area contributed by atoms with Crippen molar-refractivity contribution in [1.29, 1.82) is 0 Å². The Labute approximate surface area is 761 Å². The number of esters is 5. The van der Waals surface area contributed by atoms with Crippen LogP contribution in [0.5, 0.6) is 11.5 Å². The maximum absolute atomic E-state index is 15.4. The number of aliphatic carboxylic acids is 1. The number of aromatic nitrogens is 2. The molecule has 12 aliphatic rings. The van der Waals surface area contributed by atoms with Crippen molar-refractivity contribution in [2.45, 2.75) is 213 Å². The Kier molecular flexibility index (Phi) is 27.9. The van der Waals surface area contributed by atoms with Crippen LogP contribution >= 0.6 is 0 Å². The Morgan fingerprint density at radius 3 is 1.32 bits per heavy atom. The Morgan fingerprint density at radius 2 is 0.931 bits per heavy atom. The summed E-state index contributed by atoms with van der Waals surface area (Å²) in [4.78, 5) is 101. The molecule has 2 spiro atoms. The zero-order valence-electron chi connectivity index (χ0n) is 78.6. The van der Waals surface area contributed by atoms with Gasteiger partial charge in [-0.3, -0.25) is 38.8 Å². The van der Waals surface area contributed by atoms with E-state index in [9.17, 15) is 44.7 Å². The number of para-hydroxylation sites is 2. The Hall–Kier alpha value is -9.06. The monoisotopic (exact) mass is 1800 g/mol. The second kappa shape index (κ2) is 37.4. The van der Waals surface area contributed by atoms with E-state index in [1.54, 1.807) is 28.3 Å². The van der Waals surface area contributed by atoms with Crippen LogP contribution in [0.3, 0.4) is 0 Å². The first kappa shape index (κ1) is 97.0. The van der Waals surface area contributed by atoms with E-state index < -0.39 is 115 Å². The number of aliphatic hydroxyl groups excluding tert-OH is 2. The Morgan fingerprint density at radius 1 is 0.515 bits per heavy atom. The summed E-state index contributed by atoms with van der Waals surface area (Å²) >= 11 is 0. The topological polar surface area (TPSA) is 387 Å². The fraction of sp³-hybridized carbons (Fsp3) is 0.616. The van der Waals surface area contributed by atoms with E-state index >= 15 is 9.59 Å². The summed E-state index contributed by atoms with van der Waals surface area (Å²) in [5.74, 6) is -7.74. The van der Waals surface area contributed by atoms with Crippen molar-refractivity contribution in [3.05, 3.63) is 142 Å². The summed E-state index contributed by atoms with van der Waals surface area (Å²) in [5, 5.41) is 80.0. The molecule has 9 N–H and O–H groups in total. The SMILES string of the molecule is CCO.CCOC.CC[C@]1(O)CC2CN(CCc3c([nH]c4ccccc34)[C@](C(=O)OC)(c3cc4c(cc3OC)N(C)C3C45CCN4CC=C[C@](CC)(C45)[C@@H](O)[C@]3(O)OC(C)=O)C2)C1.CC[C@]1(O)CC2CN(CCc3c([nH]c4ccccc34)[C@](C(=O)OC)(c3cc4c(cc3OC)N(C)C3C45CCN4CC=C[C@](CC)(C45)[C@@H](OC(=O)COC)[C@]3(O)OC(C)=O)C2)C1.COCC(=O)O. The molecule has 4 aromatic carbocycles. The number of carbonyl (C=O) groups excluding carboxylic acids is 5. The van der Waals surface area contributed by atoms with Gasteiger partial charge in [0, 0.05) is 216 Å². The van der Waals surface area contributed by atoms with Crippen LogP contribution in [-0.2, 0) is 101 Å². The molecule has 2 saturated carbocycles. The lowest BCUT2D eigenvalue weighted by Crippen LogP contribution is -2.80. The van der Waals surface area contributed by atoms with Crippen LogP contribution in [0.25, 0.3) is 21.8 Å². The maximum Gasteiger partial charge on any atom is 0.332 e. The van der Waals surface area contributed by atoms with E-state index in [4.69, 9.17) is 48.1 Å². The van der Waals surface area contributed by atoms with E-state index in [0.29, 0.717) is 152 Å². The number of nitrogens with one attached hydrogen (secondary N) is 2. The number of H-pyrrole nitrogens is 2. The number of carboxylic acid groups (broad SMARTS) is 1. The summed E-state index contributed by atoms with van der Waals surface area (Å²) < 4.78 is 56.9. The second-order valence-electron chi connectivity index (χ2n) is 37.9. The van der Waals surface area contributed by atoms with Gasteiger partial charge in [-0.25, -0.2) is 9.59 Å². The van der Waals surface area contributed by atoms with E-state index in [0.717, 1.165) is 86.5 Å². The minimum atomic E-state index is -2.33. The number of hydrogen-bond acceptors (Lipinski definition) is 28. The lowest BCUT2D eigenvalue weighted by molar-refractivity contribution is -0.310. The Bertz CT molecular complexity index is 5270. The van der Waals surface area contributed by atoms with E-state index in [2.05, 4.69) is 75.5 Å². The van der Waals surface area contributed by atoms with Gasteiger partial charge in [0.05, 0.1) is 39.6 Å². The van der Waals surface area contributed by atoms with Crippen molar-refractivity contribution in [2.24, 2.45) is 22.7 Å². The van der Waals surface area contributed by atoms with Crippen LogP contribution in [0.15, 0.2) is 97.1 Å². The number of likely N-dealkylation sites (N-methyl/N-ethyl adjacent to an activating group) is 2. The normalized spacial score (nSPS) is 34.3. The molecule has 31 nitrogen and oxygen atoms in total. The number of piperidine rings is 2. The smallest absolute Gasteiger partial charge is 0.332 e. The molecule has 4 bridgehead atoms. The highest BCUT2D eigenvalue weighted by Crippen LogP contribution is 2.71. The van der Waals surface area contributed by atoms with Gasteiger partial charge in [0.15, 0.2) is 6.10 Å². The molecule has 20 atom stereocenters. The van der Waals surface area contributed by atoms with Crippen molar-refractivity contribution in [3.8, 4) is 11.5 Å². The summed E-state index contributed by atoms with van der Waals surface area (Å²) in [6.45, 7) is 21.4. The number of fused-ring (bicyclic) bond motifs is 12. The predicted molar refractivity (Wildman–Crippen MR) is 487 cm³/mol. The highest BCUT2D eigenvalue weighted by atomic mass is 16.7. The van der Waals surface area contributed by atoms with Crippen molar-refractivity contribution in [1.82, 2.24) is 29.6 Å². The number of carboxylic acids is 1. The lowest BCUT2D eigenvalue weighted by Gasteiger charge is -2.63. The summed E-state index contributed by atoms with van der Waals surface area (Å²) in [7, 11) is 14.3. The molecule has 710 valence electrons. The summed E-state index contributed by atoms with van der Waals surface area (Å²) in [5.41, 5.74) is 1.60. The molecular weight excluding hydrogens is 1670 g/mol. The van der Waals surface area contributed by atoms with Crippen LogP contribution in [-0.4, -0.2) is 316 Å². The number of anilines is 2. The molecule has 12 heterocycles. The number of benzene rings is 4. The zero-order valence-corrected chi connectivity index (χ0v) is 78.6. The molecule has 6 aromatic rings. The largest absolute Gasteiger partial charge is 0.496 e. The van der Waals surface area contributed by atoms with Crippen molar-refractivity contribution < 1.29 is 112 Å². The van der Waals surface area contributed by atoms with Gasteiger partial charge in [0.25, 0.3) is 11.6 Å². The van der Waals surface area contributed by atoms with Gasteiger partial charge in [-0.05, 0) is 162 Å². The molecule has 0 radical (unpaired) electrons. The number of hydrogen-bond donors (Lipinski definition) is 9. The molecule has 31 heteroatoms. The molecular formula is C99H136N8O23. The van der Waals surface area contributed by atoms with Gasteiger partial charge >= 0.3 is 35.8 Å². The van der Waals surface area contributed by atoms with E-state index in [-0.39, 0.29) is 43.7 Å². The first-order chi connectivity index (χ1) is 62.1. The van der Waals surface area contributed by atoms with Gasteiger partial charge in [0.2, 0.25) is 0 Å². The fourth-order valence-corrected chi connectivity index (χ4v) is 26.7. The van der Waals surface area contributed by atoms with Gasteiger partial charge in [-0.2, -0.15) is 0 Å². The van der Waals surface area contributed by atoms with Gasteiger partial charge in [-0.1, -0.05) is 88.4 Å². The predicted octanol–water partition coefficient (Wildman–Crippen LogP) is 8.10. The highest BCUT2D eigenvalue weighted by molar-refractivity contribution is 5.96. The molecule has 10 aliphatic heterocycles. The molecule has 4 saturated heterocycles. The minimum Gasteiger partial charge on any atom is -0.496 e. The van der Waals surface area contributed by atoms with Crippen LogP contribution < -0.4 is 19.3 Å². The van der Waals surface area contributed by atoms with Crippen molar-refractivity contribution >= 4 is 69.0 Å². The molecule has 10 unspecified atom stereocenters. The fourth-order valence-electron chi connectivity index (χ4n) is 26.7. The highest BCUT2D eigenvalue weighted by Gasteiger charge is 2.82. The van der Waals surface area contributed by atoms with Crippen LogP contribution in [0.2, 0.25) is 0 Å². The van der Waals surface area contributed by atoms with E-state index in [1.807, 2.05) is 119 Å². The standard InChI is InChI=1S/C47H60N4O10.C44H56N4O8.C3H6O3.C3H8O.C2H6O/c1-8-43(55)23-29-24-46(42(54)59-7,38-31(15-19-50(25-29)27-43)30-13-10-11-14-34(30)48-38)33-21-32-35(22-36(33)58-6)49(4)40-45(32)17-20-51-18-12-16-44(9-2,39(45)51)41(60-37(53)26-57-5)47(40,56)61-28(3)52;1-7-40(52)22-27-23-43(39(51)55-6,35-29(14-18-47(24-27)25-40)28-12-9-10-13-32(28)45-35)31-20-30-33(21-34(31)54-5)46(4)37-42(30)16-19-48-17-11-15-41(8-2,36(42)48)38(50)44(37,53)56-26(3)49;1-6-2-3(4)5;1-3-4-2;1-2-3/h10-14,16,21-22,29,39-41,48,55-56H,8-9,15,17-20,23-27H2,1-7H3;9-13,15,20-21,27,36-38,45,50,52-53H,7-8,14,16-19,22-25H2,1-6H3;2H2,1H3,(H,4,5);3H2,1-2H3;3H,2H2,1H3/t29?,39?,40?,41-,43+,44-,45?,46-,47-;27?,36?,37?,38-,40+,41-,42?,43-,44-;;;/m11.../s1. The van der Waals surface area contributed by atoms with Gasteiger partial charge in [0.1, 0.15) is 53.7 Å². The molecule has 130 heavy (non-hydrogen) atoms. The average Bonchev–Trinajstić information content (AvgIpc) is 1.48. The molecule has 0 amide bonds.